The van der Waals surface area contributed by atoms with Gasteiger partial charge in [-0.05, 0) is 36.8 Å². The van der Waals surface area contributed by atoms with Crippen LogP contribution in [0, 0.1) is 0 Å². The number of thioether (sulfide) groups is 1. The molecule has 132 valence electrons. The van der Waals surface area contributed by atoms with Gasteiger partial charge in [0.05, 0.1) is 11.6 Å². The van der Waals surface area contributed by atoms with Crippen molar-refractivity contribution >= 4 is 34.6 Å². The van der Waals surface area contributed by atoms with E-state index >= 15 is 0 Å². The second kappa shape index (κ2) is 7.21. The summed E-state index contributed by atoms with van der Waals surface area (Å²) in [5.74, 6) is 1.46. The summed E-state index contributed by atoms with van der Waals surface area (Å²) in [6.45, 7) is 2.09. The molecule has 6 nitrogen and oxygen atoms in total. The minimum atomic E-state index is -0.409. The Balaban J connectivity index is 1.79. The van der Waals surface area contributed by atoms with Crippen LogP contribution >= 0.6 is 11.8 Å². The molecule has 7 heteroatoms. The van der Waals surface area contributed by atoms with Crippen LogP contribution in [0.5, 0.6) is 0 Å². The fourth-order valence-electron chi connectivity index (χ4n) is 2.81. The summed E-state index contributed by atoms with van der Waals surface area (Å²) >= 11 is 1.53. The Bertz CT molecular complexity index is 995. The van der Waals surface area contributed by atoms with Gasteiger partial charge < -0.3 is 4.42 Å². The minimum absolute atomic E-state index is 0.155. The lowest BCUT2D eigenvalue weighted by molar-refractivity contribution is -0.116. The van der Waals surface area contributed by atoms with Gasteiger partial charge in [-0.25, -0.2) is 5.01 Å². The summed E-state index contributed by atoms with van der Waals surface area (Å²) in [7, 11) is 0. The zero-order valence-corrected chi connectivity index (χ0v) is 15.1. The van der Waals surface area contributed by atoms with Crippen molar-refractivity contribution in [2.24, 2.45) is 10.1 Å². The maximum atomic E-state index is 12.8. The average Bonchev–Trinajstić information content (AvgIpc) is 3.17. The molecule has 26 heavy (non-hydrogen) atoms. The third kappa shape index (κ3) is 3.17. The van der Waals surface area contributed by atoms with Gasteiger partial charge in [-0.3, -0.25) is 15.1 Å². The molecule has 3 heterocycles. The lowest BCUT2D eigenvalue weighted by Gasteiger charge is -2.32. The van der Waals surface area contributed by atoms with Crippen LogP contribution < -0.4 is 15.9 Å². The average molecular weight is 366 g/mol. The number of fused-ring (bicyclic) bond motifs is 2. The van der Waals surface area contributed by atoms with Gasteiger partial charge in [0.25, 0.3) is 5.91 Å². The highest BCUT2D eigenvalue weighted by Gasteiger charge is 2.32. The van der Waals surface area contributed by atoms with E-state index in [-0.39, 0.29) is 5.91 Å². The topological polar surface area (TPSA) is 70.2 Å². The molecule has 2 aliphatic rings. The predicted octanol–water partition coefficient (Wildman–Crippen LogP) is 1.91. The maximum Gasteiger partial charge on any atom is 0.276 e. The zero-order chi connectivity index (χ0) is 17.9. The molecule has 0 saturated heterocycles. The monoisotopic (exact) mass is 366 g/mol. The van der Waals surface area contributed by atoms with Gasteiger partial charge in [-0.1, -0.05) is 36.9 Å². The lowest BCUT2D eigenvalue weighted by atomic mass is 10.1. The van der Waals surface area contributed by atoms with Crippen LogP contribution in [0.4, 0.5) is 0 Å². The number of para-hydroxylation sites is 1. The number of nitrogens with one attached hydrogen (secondary N) is 1. The number of amides is 1. The van der Waals surface area contributed by atoms with E-state index < -0.39 is 6.17 Å². The maximum absolute atomic E-state index is 12.8. The van der Waals surface area contributed by atoms with Crippen molar-refractivity contribution in [2.45, 2.75) is 19.5 Å². The molecular formula is C19H18N4O2S. The number of carbonyl (C=O) groups is 1. The van der Waals surface area contributed by atoms with Gasteiger partial charge in [0.2, 0.25) is 0 Å². The van der Waals surface area contributed by atoms with E-state index in [9.17, 15) is 4.79 Å². The molecule has 1 N–H and O–H groups in total. The third-order valence-electron chi connectivity index (χ3n) is 3.96. The van der Waals surface area contributed by atoms with E-state index in [1.165, 1.54) is 11.8 Å². The summed E-state index contributed by atoms with van der Waals surface area (Å²) < 4.78 is 5.35. The Morgan fingerprint density at radius 2 is 2.19 bits per heavy atom. The molecule has 0 aliphatic carbocycles. The van der Waals surface area contributed by atoms with Gasteiger partial charge in [0, 0.05) is 11.0 Å². The first kappa shape index (κ1) is 16.7. The molecule has 1 amide bonds. The quantitative estimate of drug-likeness (QED) is 0.897. The third-order valence-corrected chi connectivity index (χ3v) is 5.03. The smallest absolute Gasteiger partial charge is 0.276 e. The molecular weight excluding hydrogens is 348 g/mol. The van der Waals surface area contributed by atoms with Crippen LogP contribution in [0.15, 0.2) is 63.2 Å². The second-order valence-electron chi connectivity index (χ2n) is 5.84. The first-order valence-electron chi connectivity index (χ1n) is 8.47. The van der Waals surface area contributed by atoms with E-state index in [0.29, 0.717) is 10.9 Å². The largest absolute Gasteiger partial charge is 0.465 e. The highest BCUT2D eigenvalue weighted by Crippen LogP contribution is 2.22. The van der Waals surface area contributed by atoms with Crippen molar-refractivity contribution in [1.82, 2.24) is 10.3 Å². The molecule has 0 radical (unpaired) electrons. The Morgan fingerprint density at radius 3 is 3.00 bits per heavy atom. The Labute approximate surface area is 155 Å². The number of hydrazone groups is 1. The summed E-state index contributed by atoms with van der Waals surface area (Å²) in [4.78, 5) is 17.5. The van der Waals surface area contributed by atoms with Crippen molar-refractivity contribution in [1.29, 1.82) is 0 Å². The van der Waals surface area contributed by atoms with Crippen LogP contribution in [-0.2, 0) is 4.79 Å². The fourth-order valence-corrected chi connectivity index (χ4v) is 3.52. The SMILES string of the molecule is CCCSC1=NN2C(=c3ccccc3=NC2/C=C/c2ccco2)C(=O)N1. The minimum Gasteiger partial charge on any atom is -0.465 e. The normalized spacial score (nSPS) is 18.9. The number of hydrogen-bond donors (Lipinski definition) is 1. The first-order valence-corrected chi connectivity index (χ1v) is 9.45. The fraction of sp³-hybridized carbons (Fsp3) is 0.211. The summed E-state index contributed by atoms with van der Waals surface area (Å²) in [6, 6.07) is 11.3. The Kier molecular flexibility index (Phi) is 4.62. The second-order valence-corrected chi connectivity index (χ2v) is 6.92. The highest BCUT2D eigenvalue weighted by molar-refractivity contribution is 8.13. The Morgan fingerprint density at radius 1 is 1.31 bits per heavy atom. The van der Waals surface area contributed by atoms with E-state index in [1.54, 1.807) is 11.3 Å². The van der Waals surface area contributed by atoms with Crippen molar-refractivity contribution in [2.75, 3.05) is 5.75 Å². The molecule has 0 saturated carbocycles. The molecule has 0 spiro atoms. The van der Waals surface area contributed by atoms with Gasteiger partial charge in [0.15, 0.2) is 11.3 Å². The van der Waals surface area contributed by atoms with Crippen LogP contribution in [0.3, 0.4) is 0 Å². The van der Waals surface area contributed by atoms with Crippen molar-refractivity contribution in [3.8, 4) is 0 Å². The zero-order valence-electron chi connectivity index (χ0n) is 14.3. The summed E-state index contributed by atoms with van der Waals surface area (Å²) in [6.07, 6.45) is 5.95. The molecule has 2 aromatic rings. The molecule has 0 fully saturated rings. The van der Waals surface area contributed by atoms with Crippen LogP contribution in [-0.4, -0.2) is 28.0 Å². The van der Waals surface area contributed by atoms with E-state index in [0.717, 1.165) is 28.5 Å². The summed E-state index contributed by atoms with van der Waals surface area (Å²) in [5, 5.41) is 11.4. The number of amidine groups is 1. The van der Waals surface area contributed by atoms with Crippen LogP contribution in [0.2, 0.25) is 0 Å². The number of hydrogen-bond acceptors (Lipinski definition) is 6. The van der Waals surface area contributed by atoms with E-state index in [1.807, 2.05) is 48.6 Å². The lowest BCUT2D eigenvalue weighted by Crippen LogP contribution is -2.52. The molecule has 1 aromatic carbocycles. The molecule has 1 unspecified atom stereocenters. The van der Waals surface area contributed by atoms with Gasteiger partial charge in [-0.15, -0.1) is 5.10 Å². The summed E-state index contributed by atoms with van der Waals surface area (Å²) in [5.41, 5.74) is 0.519. The van der Waals surface area contributed by atoms with Crippen LogP contribution in [0.1, 0.15) is 19.1 Å². The highest BCUT2D eigenvalue weighted by atomic mass is 32.2. The van der Waals surface area contributed by atoms with Crippen molar-refractivity contribution < 1.29 is 9.21 Å². The molecule has 2 aliphatic heterocycles. The molecule has 4 rings (SSSR count). The number of carbonyl (C=O) groups excluding carboxylic acids is 1. The van der Waals surface area contributed by atoms with Gasteiger partial charge in [-0.2, -0.15) is 0 Å². The standard InChI is InChI=1S/C19H18N4O2S/c1-2-12-26-19-21-18(24)17-14-7-3-4-8-15(14)20-16(23(17)22-19)10-9-13-6-5-11-25-13/h3-11,16H,2,12H2,1H3,(H,21,22,24)/b10-9+. The molecule has 0 bridgehead atoms. The van der Waals surface area contributed by atoms with Gasteiger partial charge >= 0.3 is 0 Å². The number of furan rings is 1. The number of benzene rings is 1. The Hall–Kier alpha value is -2.80. The first-order chi connectivity index (χ1) is 12.8. The van der Waals surface area contributed by atoms with Crippen molar-refractivity contribution in [3.05, 3.63) is 65.1 Å². The molecule has 1 aromatic heterocycles. The van der Waals surface area contributed by atoms with Crippen LogP contribution in [0.25, 0.3) is 11.8 Å². The van der Waals surface area contributed by atoms with E-state index in [4.69, 9.17) is 9.41 Å². The number of rotatable bonds is 4. The van der Waals surface area contributed by atoms with Gasteiger partial charge in [0.1, 0.15) is 11.5 Å². The predicted molar refractivity (Wildman–Crippen MR) is 102 cm³/mol. The number of nitrogens with zero attached hydrogens (tertiary/aromatic N) is 3. The molecule has 1 atom stereocenters. The van der Waals surface area contributed by atoms with E-state index in [2.05, 4.69) is 17.3 Å². The van der Waals surface area contributed by atoms with Crippen molar-refractivity contribution in [3.63, 3.8) is 0 Å².